The number of carbonyl (C=O) groups is 1. The van der Waals surface area contributed by atoms with E-state index in [0.717, 1.165) is 16.7 Å². The standard InChI is InChI=1S/C31H36F2O6S2/c1-6-7-8-29(38-21-25(5)30(34)35)31(32,33)41(36,37)39-40(26-15-9-22(2)10-16-26,27-17-11-23(3)12-18-27)28-19-13-24(4)14-20-28/h9-20,29H,5-8,21H2,1-4H3,(H,34,35). The SMILES string of the molecule is C=C(COC(CCCC)C(F)(F)S(=O)(=O)OS(c1ccc(C)cc1)(c1ccc(C)cc1)c1ccc(C)cc1)C(=O)O. The molecule has 0 heterocycles. The zero-order valence-electron chi connectivity index (χ0n) is 23.6. The molecule has 0 radical (unpaired) electrons. The van der Waals surface area contributed by atoms with Crippen molar-refractivity contribution in [1.29, 1.82) is 0 Å². The van der Waals surface area contributed by atoms with E-state index >= 15 is 8.78 Å². The molecule has 222 valence electrons. The van der Waals surface area contributed by atoms with E-state index in [-0.39, 0.29) is 12.8 Å². The lowest BCUT2D eigenvalue weighted by molar-refractivity contribution is -0.134. The van der Waals surface area contributed by atoms with Gasteiger partial charge in [-0.05, 0) is 73.9 Å². The second-order valence-corrected chi connectivity index (χ2v) is 14.5. The Morgan fingerprint density at radius 3 is 1.59 bits per heavy atom. The Bertz CT molecular complexity index is 1340. The van der Waals surface area contributed by atoms with Crippen LogP contribution in [0.3, 0.4) is 0 Å². The summed E-state index contributed by atoms with van der Waals surface area (Å²) in [6.45, 7) is 9.90. The maximum Gasteiger partial charge on any atom is 0.396 e. The van der Waals surface area contributed by atoms with Crippen molar-refractivity contribution in [2.75, 3.05) is 6.61 Å². The highest BCUT2D eigenvalue weighted by atomic mass is 32.3. The number of carboxylic acid groups (broad SMARTS) is 1. The lowest BCUT2D eigenvalue weighted by Crippen LogP contribution is -2.44. The summed E-state index contributed by atoms with van der Waals surface area (Å²) in [5, 5.41) is 4.60. The van der Waals surface area contributed by atoms with Crippen molar-refractivity contribution in [2.45, 2.75) is 73.0 Å². The Balaban J connectivity index is 2.24. The molecule has 0 spiro atoms. The fourth-order valence-electron chi connectivity index (χ4n) is 4.06. The van der Waals surface area contributed by atoms with Crippen molar-refractivity contribution in [3.05, 3.63) is 102 Å². The van der Waals surface area contributed by atoms with Gasteiger partial charge in [-0.3, -0.25) is 0 Å². The molecule has 6 nitrogen and oxygen atoms in total. The van der Waals surface area contributed by atoms with Crippen molar-refractivity contribution in [3.63, 3.8) is 0 Å². The summed E-state index contributed by atoms with van der Waals surface area (Å²) in [5.41, 5.74) is 2.22. The van der Waals surface area contributed by atoms with Crippen LogP contribution in [-0.4, -0.2) is 37.5 Å². The van der Waals surface area contributed by atoms with Crippen LogP contribution in [0.1, 0.15) is 42.9 Å². The average Bonchev–Trinajstić information content (AvgIpc) is 2.92. The number of aryl methyl sites for hydroxylation is 3. The van der Waals surface area contributed by atoms with Crippen LogP contribution in [0, 0.1) is 20.8 Å². The average molecular weight is 607 g/mol. The van der Waals surface area contributed by atoms with E-state index in [9.17, 15) is 13.2 Å². The molecule has 0 aliphatic heterocycles. The minimum atomic E-state index is -5.69. The number of carboxylic acids is 1. The number of unbranched alkanes of at least 4 members (excludes halogenated alkanes) is 1. The van der Waals surface area contributed by atoms with Crippen LogP contribution in [0.5, 0.6) is 0 Å². The third-order valence-electron chi connectivity index (χ3n) is 6.54. The quantitative estimate of drug-likeness (QED) is 0.187. The summed E-state index contributed by atoms with van der Waals surface area (Å²) in [6.07, 6.45) is -1.78. The van der Waals surface area contributed by atoms with Crippen molar-refractivity contribution in [1.82, 2.24) is 0 Å². The summed E-state index contributed by atoms with van der Waals surface area (Å²) in [6, 6.07) is 20.8. The van der Waals surface area contributed by atoms with Crippen LogP contribution >= 0.6 is 10.3 Å². The van der Waals surface area contributed by atoms with Gasteiger partial charge in [-0.15, -0.1) is 0 Å². The number of hydrogen-bond donors (Lipinski definition) is 1. The van der Waals surface area contributed by atoms with Crippen LogP contribution in [0.2, 0.25) is 0 Å². The Labute approximate surface area is 242 Å². The van der Waals surface area contributed by atoms with Gasteiger partial charge in [-0.2, -0.15) is 17.2 Å². The predicted molar refractivity (Wildman–Crippen MR) is 157 cm³/mol. The number of ether oxygens (including phenoxy) is 1. The summed E-state index contributed by atoms with van der Waals surface area (Å²) in [7, 11) is -8.95. The van der Waals surface area contributed by atoms with Gasteiger partial charge in [0.2, 0.25) is 0 Å². The molecule has 10 heteroatoms. The molecule has 3 aromatic rings. The lowest BCUT2D eigenvalue weighted by Gasteiger charge is -2.41. The van der Waals surface area contributed by atoms with Crippen molar-refractivity contribution < 1.29 is 35.5 Å². The van der Waals surface area contributed by atoms with Crippen molar-refractivity contribution in [2.24, 2.45) is 0 Å². The molecule has 0 fully saturated rings. The van der Waals surface area contributed by atoms with Gasteiger partial charge in [0.1, 0.15) is 6.10 Å². The van der Waals surface area contributed by atoms with E-state index in [1.54, 1.807) is 79.7 Å². The largest absolute Gasteiger partial charge is 0.478 e. The van der Waals surface area contributed by atoms with E-state index in [2.05, 4.69) is 6.58 Å². The van der Waals surface area contributed by atoms with Gasteiger partial charge in [0.25, 0.3) is 0 Å². The number of hydrogen-bond acceptors (Lipinski definition) is 5. The summed E-state index contributed by atoms with van der Waals surface area (Å²) >= 11 is 0. The zero-order valence-corrected chi connectivity index (χ0v) is 25.2. The molecule has 0 amide bonds. The molecule has 0 aliphatic rings. The Hall–Kier alpha value is -3.05. The summed E-state index contributed by atoms with van der Waals surface area (Å²) in [4.78, 5) is 12.4. The zero-order chi connectivity index (χ0) is 30.4. The van der Waals surface area contributed by atoms with E-state index in [4.69, 9.17) is 13.5 Å². The van der Waals surface area contributed by atoms with Gasteiger partial charge in [-0.25, -0.2) is 8.42 Å². The highest BCUT2D eigenvalue weighted by Crippen LogP contribution is 2.70. The molecule has 1 atom stereocenters. The first-order valence-corrected chi connectivity index (χ1v) is 16.1. The maximum atomic E-state index is 16.1. The Morgan fingerprint density at radius 1 is 0.854 bits per heavy atom. The molecule has 0 saturated carbocycles. The number of halogens is 2. The van der Waals surface area contributed by atoms with Crippen molar-refractivity contribution >= 4 is 26.4 Å². The number of aliphatic carboxylic acids is 1. The van der Waals surface area contributed by atoms with Crippen LogP contribution in [-0.2, 0) is 23.3 Å². The maximum absolute atomic E-state index is 16.1. The highest BCUT2D eigenvalue weighted by Gasteiger charge is 2.57. The van der Waals surface area contributed by atoms with Gasteiger partial charge in [0, 0.05) is 14.7 Å². The normalized spacial score (nSPS) is 13.5. The van der Waals surface area contributed by atoms with Gasteiger partial charge >= 0.3 is 21.3 Å². The second-order valence-electron chi connectivity index (χ2n) is 9.93. The van der Waals surface area contributed by atoms with E-state index in [0.29, 0.717) is 21.1 Å². The fourth-order valence-corrected chi connectivity index (χ4v) is 9.32. The topological polar surface area (TPSA) is 89.9 Å². The van der Waals surface area contributed by atoms with Gasteiger partial charge in [0.05, 0.1) is 12.2 Å². The molecule has 1 unspecified atom stereocenters. The van der Waals surface area contributed by atoms with Crippen LogP contribution < -0.4 is 0 Å². The molecular formula is C31H36F2O6S2. The van der Waals surface area contributed by atoms with Crippen molar-refractivity contribution in [3.8, 4) is 0 Å². The fraction of sp³-hybridized carbons (Fsp3) is 0.323. The Morgan fingerprint density at radius 2 is 1.24 bits per heavy atom. The summed E-state index contributed by atoms with van der Waals surface area (Å²) < 4.78 is 70.9. The molecule has 0 saturated heterocycles. The molecule has 0 aromatic heterocycles. The molecular weight excluding hydrogens is 570 g/mol. The van der Waals surface area contributed by atoms with Gasteiger partial charge in [0.15, 0.2) is 0 Å². The molecule has 41 heavy (non-hydrogen) atoms. The smallest absolute Gasteiger partial charge is 0.396 e. The van der Waals surface area contributed by atoms with E-state index in [1.165, 1.54) is 0 Å². The first-order valence-electron chi connectivity index (χ1n) is 13.1. The van der Waals surface area contributed by atoms with Gasteiger partial charge < -0.3 is 9.84 Å². The summed E-state index contributed by atoms with van der Waals surface area (Å²) in [5.74, 6) is -1.43. The predicted octanol–water partition coefficient (Wildman–Crippen LogP) is 7.96. The monoisotopic (exact) mass is 606 g/mol. The minimum Gasteiger partial charge on any atom is -0.478 e. The molecule has 3 aromatic carbocycles. The lowest BCUT2D eigenvalue weighted by atomic mass is 10.1. The Kier molecular flexibility index (Phi) is 10.5. The third-order valence-corrected chi connectivity index (χ3v) is 11.8. The minimum absolute atomic E-state index is 0.223. The van der Waals surface area contributed by atoms with Crippen LogP contribution in [0.15, 0.2) is 99.6 Å². The molecule has 3 rings (SSSR count). The third kappa shape index (κ3) is 7.24. The van der Waals surface area contributed by atoms with Crippen LogP contribution in [0.25, 0.3) is 0 Å². The molecule has 1 N–H and O–H groups in total. The number of alkyl halides is 2. The van der Waals surface area contributed by atoms with E-state index in [1.807, 2.05) is 20.8 Å². The molecule has 0 aliphatic carbocycles. The second kappa shape index (κ2) is 13.3. The highest BCUT2D eigenvalue weighted by molar-refractivity contribution is 8.33. The van der Waals surface area contributed by atoms with Gasteiger partial charge in [-0.1, -0.05) is 79.4 Å². The first kappa shape index (κ1) is 32.5. The number of benzene rings is 3. The first-order chi connectivity index (χ1) is 19.2. The van der Waals surface area contributed by atoms with Crippen LogP contribution in [0.4, 0.5) is 8.78 Å². The van der Waals surface area contributed by atoms with E-state index < -0.39 is 49.9 Å². The number of rotatable bonds is 14. The molecule has 0 bridgehead atoms.